The lowest BCUT2D eigenvalue weighted by molar-refractivity contribution is -0.145. The molecular formula is C21H17F4N5O2. The summed E-state index contributed by atoms with van der Waals surface area (Å²) in [7, 11) is 0. The third kappa shape index (κ3) is 3.67. The Labute approximate surface area is 179 Å². The van der Waals surface area contributed by atoms with E-state index in [1.807, 2.05) is 0 Å². The first-order valence-corrected chi connectivity index (χ1v) is 9.95. The molecule has 1 amide bonds. The van der Waals surface area contributed by atoms with E-state index in [0.717, 1.165) is 31.2 Å². The summed E-state index contributed by atoms with van der Waals surface area (Å²) >= 11 is 0. The molecule has 0 bridgehead atoms. The van der Waals surface area contributed by atoms with Crippen LogP contribution >= 0.6 is 0 Å². The lowest BCUT2D eigenvalue weighted by atomic mass is 10.1. The number of fused-ring (bicyclic) bond motifs is 1. The van der Waals surface area contributed by atoms with Crippen molar-refractivity contribution < 1.29 is 27.1 Å². The molecular weight excluding hydrogens is 430 g/mol. The van der Waals surface area contributed by atoms with E-state index in [2.05, 4.69) is 15.0 Å². The van der Waals surface area contributed by atoms with Crippen molar-refractivity contribution in [1.82, 2.24) is 24.4 Å². The number of carbonyl (C=O) groups is 1. The van der Waals surface area contributed by atoms with Crippen LogP contribution in [0, 0.1) is 18.7 Å². The fraction of sp³-hybridized carbons (Fsp3) is 0.333. The van der Waals surface area contributed by atoms with Crippen molar-refractivity contribution in [3.8, 4) is 22.9 Å². The van der Waals surface area contributed by atoms with Gasteiger partial charge in [-0.2, -0.15) is 18.2 Å². The SMILES string of the molecule is Cc1nc2n(c1-c1ccc(Oc3ccnc(C(F)(F)F)n3)cc1F)CN(CC1CC1)C2=O. The molecule has 1 fully saturated rings. The molecule has 3 aromatic rings. The van der Waals surface area contributed by atoms with Crippen molar-refractivity contribution in [3.05, 3.63) is 53.6 Å². The van der Waals surface area contributed by atoms with E-state index < -0.39 is 17.8 Å². The van der Waals surface area contributed by atoms with Crippen LogP contribution in [0.2, 0.25) is 0 Å². The molecule has 0 atom stereocenters. The van der Waals surface area contributed by atoms with Crippen LogP contribution in [0.1, 0.15) is 35.0 Å². The van der Waals surface area contributed by atoms with E-state index in [9.17, 15) is 18.0 Å². The number of nitrogens with zero attached hydrogens (tertiary/aromatic N) is 5. The normalized spacial score (nSPS) is 15.9. The van der Waals surface area contributed by atoms with Gasteiger partial charge in [0.1, 0.15) is 11.6 Å². The van der Waals surface area contributed by atoms with E-state index in [4.69, 9.17) is 4.74 Å². The predicted molar refractivity (Wildman–Crippen MR) is 103 cm³/mol. The lowest BCUT2D eigenvalue weighted by Crippen LogP contribution is -2.27. The van der Waals surface area contributed by atoms with E-state index in [1.54, 1.807) is 16.4 Å². The van der Waals surface area contributed by atoms with Gasteiger partial charge in [-0.25, -0.2) is 14.4 Å². The molecule has 1 saturated carbocycles. The van der Waals surface area contributed by atoms with Crippen molar-refractivity contribution in [2.24, 2.45) is 5.92 Å². The van der Waals surface area contributed by atoms with Gasteiger partial charge < -0.3 is 14.2 Å². The largest absolute Gasteiger partial charge is 0.451 e. The Morgan fingerprint density at radius 2 is 1.97 bits per heavy atom. The van der Waals surface area contributed by atoms with Crippen LogP contribution in [0.4, 0.5) is 17.6 Å². The molecule has 1 aromatic carbocycles. The number of aryl methyl sites for hydroxylation is 1. The van der Waals surface area contributed by atoms with E-state index in [1.165, 1.54) is 12.1 Å². The quantitative estimate of drug-likeness (QED) is 0.542. The number of alkyl halides is 3. The summed E-state index contributed by atoms with van der Waals surface area (Å²) in [6.45, 7) is 2.66. The summed E-state index contributed by atoms with van der Waals surface area (Å²) in [5.74, 6) is -1.77. The molecule has 0 radical (unpaired) electrons. The Balaban J connectivity index is 1.42. The highest BCUT2D eigenvalue weighted by molar-refractivity contribution is 5.94. The van der Waals surface area contributed by atoms with Crippen molar-refractivity contribution in [3.63, 3.8) is 0 Å². The Morgan fingerprint density at radius 1 is 1.19 bits per heavy atom. The number of aromatic nitrogens is 4. The molecule has 0 spiro atoms. The number of imidazole rings is 1. The maximum atomic E-state index is 15.0. The Morgan fingerprint density at radius 3 is 2.66 bits per heavy atom. The number of ether oxygens (including phenoxy) is 1. The molecule has 7 nitrogen and oxygen atoms in total. The van der Waals surface area contributed by atoms with E-state index >= 15 is 4.39 Å². The Bertz CT molecular complexity index is 1220. The summed E-state index contributed by atoms with van der Waals surface area (Å²) in [5.41, 5.74) is 1.21. The van der Waals surface area contributed by atoms with Crippen molar-refractivity contribution >= 4 is 5.91 Å². The second-order valence-electron chi connectivity index (χ2n) is 7.87. The summed E-state index contributed by atoms with van der Waals surface area (Å²) in [4.78, 5) is 25.2. The van der Waals surface area contributed by atoms with Gasteiger partial charge in [0.25, 0.3) is 5.91 Å². The minimum atomic E-state index is -4.72. The van der Waals surface area contributed by atoms with Gasteiger partial charge in [-0.15, -0.1) is 0 Å². The van der Waals surface area contributed by atoms with E-state index in [0.29, 0.717) is 30.5 Å². The molecule has 0 saturated heterocycles. The zero-order chi connectivity index (χ0) is 22.6. The average Bonchev–Trinajstić information content (AvgIpc) is 3.43. The first-order valence-electron chi connectivity index (χ1n) is 9.95. The number of hydrogen-bond acceptors (Lipinski definition) is 5. The molecule has 11 heteroatoms. The van der Waals surface area contributed by atoms with Gasteiger partial charge in [0.15, 0.2) is 0 Å². The van der Waals surface area contributed by atoms with Gasteiger partial charge in [0.2, 0.25) is 17.5 Å². The van der Waals surface area contributed by atoms with Crippen LogP contribution in [0.3, 0.4) is 0 Å². The molecule has 0 unspecified atom stereocenters. The molecule has 5 rings (SSSR count). The summed E-state index contributed by atoms with van der Waals surface area (Å²) in [5, 5.41) is 0. The number of amides is 1. The van der Waals surface area contributed by atoms with Crippen LogP contribution < -0.4 is 4.74 Å². The second kappa shape index (κ2) is 7.28. The number of carbonyl (C=O) groups excluding carboxylic acids is 1. The number of rotatable bonds is 5. The van der Waals surface area contributed by atoms with Crippen LogP contribution in [0.15, 0.2) is 30.5 Å². The summed E-state index contributed by atoms with van der Waals surface area (Å²) < 4.78 is 60.3. The van der Waals surface area contributed by atoms with Crippen LogP contribution in [0.25, 0.3) is 11.3 Å². The van der Waals surface area contributed by atoms with Crippen LogP contribution in [-0.2, 0) is 12.8 Å². The molecule has 2 aromatic heterocycles. The number of halogens is 4. The lowest BCUT2D eigenvalue weighted by Gasteiger charge is -2.16. The average molecular weight is 447 g/mol. The van der Waals surface area contributed by atoms with Crippen molar-refractivity contribution in [2.75, 3.05) is 6.54 Å². The molecule has 1 aliphatic heterocycles. The molecule has 166 valence electrons. The van der Waals surface area contributed by atoms with Crippen LogP contribution in [0.5, 0.6) is 11.6 Å². The minimum absolute atomic E-state index is 0.0247. The van der Waals surface area contributed by atoms with Gasteiger partial charge in [-0.05, 0) is 37.8 Å². The third-order valence-corrected chi connectivity index (χ3v) is 5.41. The fourth-order valence-corrected chi connectivity index (χ4v) is 3.75. The second-order valence-corrected chi connectivity index (χ2v) is 7.87. The number of benzene rings is 1. The highest BCUT2D eigenvalue weighted by atomic mass is 19.4. The zero-order valence-corrected chi connectivity index (χ0v) is 16.9. The minimum Gasteiger partial charge on any atom is -0.439 e. The monoisotopic (exact) mass is 447 g/mol. The van der Waals surface area contributed by atoms with Gasteiger partial charge in [0, 0.05) is 30.4 Å². The van der Waals surface area contributed by atoms with Gasteiger partial charge >= 0.3 is 6.18 Å². The van der Waals surface area contributed by atoms with Crippen molar-refractivity contribution in [1.29, 1.82) is 0 Å². The van der Waals surface area contributed by atoms with E-state index in [-0.39, 0.29) is 28.9 Å². The standard InChI is InChI=1S/C21H17F4N5O2/c1-11-17(30-10-29(9-12-2-3-12)19(31)18(30)27-11)14-5-4-13(8-15(14)22)32-16-6-7-26-20(28-16)21(23,24)25/h4-8,12H,2-3,9-10H2,1H3. The Kier molecular flexibility index (Phi) is 4.64. The summed E-state index contributed by atoms with van der Waals surface area (Å²) in [6, 6.07) is 5.08. The third-order valence-electron chi connectivity index (χ3n) is 5.41. The smallest absolute Gasteiger partial charge is 0.439 e. The molecule has 2 aliphatic rings. The first kappa shape index (κ1) is 20.4. The van der Waals surface area contributed by atoms with Crippen LogP contribution in [-0.4, -0.2) is 36.9 Å². The van der Waals surface area contributed by atoms with Gasteiger partial charge in [-0.1, -0.05) is 0 Å². The number of hydrogen-bond donors (Lipinski definition) is 0. The Hall–Kier alpha value is -3.50. The zero-order valence-electron chi connectivity index (χ0n) is 16.9. The highest BCUT2D eigenvalue weighted by Crippen LogP contribution is 2.36. The van der Waals surface area contributed by atoms with Gasteiger partial charge in [0.05, 0.1) is 18.1 Å². The first-order chi connectivity index (χ1) is 15.2. The fourth-order valence-electron chi connectivity index (χ4n) is 3.75. The van der Waals surface area contributed by atoms with Gasteiger partial charge in [-0.3, -0.25) is 4.79 Å². The topological polar surface area (TPSA) is 73.1 Å². The maximum absolute atomic E-state index is 15.0. The molecule has 3 heterocycles. The molecule has 32 heavy (non-hydrogen) atoms. The predicted octanol–water partition coefficient (Wildman–Crippen LogP) is 4.42. The summed E-state index contributed by atoms with van der Waals surface area (Å²) in [6.07, 6.45) is -1.60. The highest BCUT2D eigenvalue weighted by Gasteiger charge is 2.37. The van der Waals surface area contributed by atoms with Crippen molar-refractivity contribution in [2.45, 2.75) is 32.6 Å². The molecule has 1 aliphatic carbocycles. The molecule has 0 N–H and O–H groups in total. The maximum Gasteiger partial charge on any atom is 0.451 e.